The minimum Gasteiger partial charge on any atom is -0.493 e. The second-order valence-electron chi connectivity index (χ2n) is 7.53. The van der Waals surface area contributed by atoms with Gasteiger partial charge in [0.2, 0.25) is 11.7 Å². The van der Waals surface area contributed by atoms with Crippen LogP contribution < -0.4 is 15.0 Å². The number of ether oxygens (including phenoxy) is 2. The zero-order valence-electron chi connectivity index (χ0n) is 18.9. The van der Waals surface area contributed by atoms with Crippen molar-refractivity contribution in [3.05, 3.63) is 75.6 Å². The van der Waals surface area contributed by atoms with Crippen LogP contribution in [0.2, 0.25) is 5.02 Å². The number of methoxy groups -OCH3 is 1. The smallest absolute Gasteiger partial charge is 0.283 e. The topological polar surface area (TPSA) is 123 Å². The fraction of sp³-hybridized carbons (Fsp3) is 0.217. The number of nitrogens with zero attached hydrogens (tertiary/aromatic N) is 7. The quantitative estimate of drug-likeness (QED) is 0.320. The molecular formula is C23H20ClN7O4. The van der Waals surface area contributed by atoms with E-state index in [9.17, 15) is 4.79 Å². The average molecular weight is 494 g/mol. The van der Waals surface area contributed by atoms with E-state index >= 15 is 0 Å². The van der Waals surface area contributed by atoms with Crippen LogP contribution in [0, 0.1) is 0 Å². The summed E-state index contributed by atoms with van der Waals surface area (Å²) in [7, 11) is 1.56. The van der Waals surface area contributed by atoms with E-state index < -0.39 is 0 Å². The number of rotatable bonds is 8. The van der Waals surface area contributed by atoms with Crippen LogP contribution in [0.3, 0.4) is 0 Å². The lowest BCUT2D eigenvalue weighted by Crippen LogP contribution is -2.21. The minimum atomic E-state index is -0.361. The maximum atomic E-state index is 13.0. The number of aromatic nitrogens is 7. The highest BCUT2D eigenvalue weighted by molar-refractivity contribution is 6.30. The Morgan fingerprint density at radius 1 is 1.09 bits per heavy atom. The third kappa shape index (κ3) is 4.58. The highest BCUT2D eigenvalue weighted by Gasteiger charge is 2.16. The molecule has 0 aliphatic heterocycles. The zero-order valence-corrected chi connectivity index (χ0v) is 19.6. The summed E-state index contributed by atoms with van der Waals surface area (Å²) in [4.78, 5) is 21.8. The first-order chi connectivity index (χ1) is 17.1. The summed E-state index contributed by atoms with van der Waals surface area (Å²) < 4.78 is 19.2. The predicted molar refractivity (Wildman–Crippen MR) is 127 cm³/mol. The van der Waals surface area contributed by atoms with Gasteiger partial charge >= 0.3 is 0 Å². The molecule has 0 amide bonds. The standard InChI is InChI=1S/C23H20ClN7O4/c1-3-34-17-9-6-15(10-18(17)33-2)21-26-19(35-28-21)12-30-13-25-22-20(23(30)32)27-29-31(22)11-14-4-7-16(24)8-5-14/h4-10,13H,3,11-12H2,1-2H3. The molecule has 0 fully saturated rings. The lowest BCUT2D eigenvalue weighted by atomic mass is 10.2. The second-order valence-corrected chi connectivity index (χ2v) is 7.97. The van der Waals surface area contributed by atoms with Crippen molar-refractivity contribution in [1.29, 1.82) is 0 Å². The van der Waals surface area contributed by atoms with Gasteiger partial charge in [0, 0.05) is 10.6 Å². The van der Waals surface area contributed by atoms with Gasteiger partial charge in [-0.2, -0.15) is 4.98 Å². The second kappa shape index (κ2) is 9.55. The van der Waals surface area contributed by atoms with Crippen LogP contribution in [-0.2, 0) is 13.1 Å². The summed E-state index contributed by atoms with van der Waals surface area (Å²) in [5.41, 5.74) is 1.81. The van der Waals surface area contributed by atoms with Crippen LogP contribution in [-0.4, -0.2) is 48.4 Å². The molecule has 0 radical (unpaired) electrons. The molecule has 5 aromatic rings. The van der Waals surface area contributed by atoms with Gasteiger partial charge in [-0.25, -0.2) is 9.67 Å². The normalized spacial score (nSPS) is 11.2. The Labute approximate surface area is 203 Å². The average Bonchev–Trinajstić information content (AvgIpc) is 3.50. The summed E-state index contributed by atoms with van der Waals surface area (Å²) in [5, 5.41) is 12.8. The van der Waals surface area contributed by atoms with E-state index in [2.05, 4.69) is 25.4 Å². The van der Waals surface area contributed by atoms with Crippen molar-refractivity contribution in [2.75, 3.05) is 13.7 Å². The van der Waals surface area contributed by atoms with Crippen LogP contribution in [0.1, 0.15) is 18.4 Å². The third-order valence-electron chi connectivity index (χ3n) is 5.23. The van der Waals surface area contributed by atoms with Gasteiger partial charge in [0.25, 0.3) is 5.56 Å². The number of benzene rings is 2. The first-order valence-corrected chi connectivity index (χ1v) is 11.1. The van der Waals surface area contributed by atoms with E-state index in [1.165, 1.54) is 10.9 Å². The van der Waals surface area contributed by atoms with Crippen molar-refractivity contribution < 1.29 is 14.0 Å². The lowest BCUT2D eigenvalue weighted by molar-refractivity contribution is 0.311. The molecule has 12 heteroatoms. The first kappa shape index (κ1) is 22.5. The molecule has 0 spiro atoms. The van der Waals surface area contributed by atoms with Crippen molar-refractivity contribution in [2.24, 2.45) is 0 Å². The van der Waals surface area contributed by atoms with Crippen LogP contribution in [0.5, 0.6) is 11.5 Å². The summed E-state index contributed by atoms with van der Waals surface area (Å²) in [6, 6.07) is 12.7. The Balaban J connectivity index is 1.37. The van der Waals surface area contributed by atoms with Gasteiger partial charge < -0.3 is 14.0 Å². The molecule has 35 heavy (non-hydrogen) atoms. The Hall–Kier alpha value is -4.25. The Morgan fingerprint density at radius 3 is 2.69 bits per heavy atom. The highest BCUT2D eigenvalue weighted by atomic mass is 35.5. The molecule has 178 valence electrons. The van der Waals surface area contributed by atoms with E-state index in [0.717, 1.165) is 5.56 Å². The molecule has 3 aromatic heterocycles. The number of fused-ring (bicyclic) bond motifs is 1. The van der Waals surface area contributed by atoms with Crippen molar-refractivity contribution in [2.45, 2.75) is 20.0 Å². The van der Waals surface area contributed by atoms with Crippen LogP contribution in [0.25, 0.3) is 22.6 Å². The van der Waals surface area contributed by atoms with Gasteiger partial charge in [-0.3, -0.25) is 9.36 Å². The Morgan fingerprint density at radius 2 is 1.91 bits per heavy atom. The number of hydrogen-bond donors (Lipinski definition) is 0. The van der Waals surface area contributed by atoms with Gasteiger partial charge in [0.15, 0.2) is 22.7 Å². The van der Waals surface area contributed by atoms with Crippen molar-refractivity contribution in [3.8, 4) is 22.9 Å². The maximum absolute atomic E-state index is 13.0. The molecule has 0 aliphatic rings. The monoisotopic (exact) mass is 493 g/mol. The largest absolute Gasteiger partial charge is 0.493 e. The van der Waals surface area contributed by atoms with Crippen molar-refractivity contribution >= 4 is 22.8 Å². The molecule has 0 N–H and O–H groups in total. The van der Waals surface area contributed by atoms with Gasteiger partial charge in [-0.15, -0.1) is 5.10 Å². The van der Waals surface area contributed by atoms with E-state index in [-0.39, 0.29) is 23.5 Å². The minimum absolute atomic E-state index is 0.0347. The zero-order chi connectivity index (χ0) is 24.4. The molecule has 0 atom stereocenters. The molecule has 3 heterocycles. The van der Waals surface area contributed by atoms with Gasteiger partial charge in [-0.1, -0.05) is 34.1 Å². The van der Waals surface area contributed by atoms with E-state index in [0.29, 0.717) is 46.7 Å². The van der Waals surface area contributed by atoms with Gasteiger partial charge in [-0.05, 0) is 42.8 Å². The fourth-order valence-corrected chi connectivity index (χ4v) is 3.66. The molecule has 0 aliphatic carbocycles. The number of hydrogen-bond acceptors (Lipinski definition) is 9. The first-order valence-electron chi connectivity index (χ1n) is 10.7. The fourth-order valence-electron chi connectivity index (χ4n) is 3.53. The van der Waals surface area contributed by atoms with E-state index in [4.69, 9.17) is 25.6 Å². The molecule has 0 bridgehead atoms. The molecule has 0 saturated carbocycles. The molecule has 11 nitrogen and oxygen atoms in total. The Kier molecular flexibility index (Phi) is 6.15. The summed E-state index contributed by atoms with van der Waals surface area (Å²) in [6.07, 6.45) is 1.41. The highest BCUT2D eigenvalue weighted by Crippen LogP contribution is 2.31. The summed E-state index contributed by atoms with van der Waals surface area (Å²) in [5.74, 6) is 1.78. The Bertz CT molecular complexity index is 1540. The number of halogens is 1. The molecule has 5 rings (SSSR count). The molecular weight excluding hydrogens is 474 g/mol. The van der Waals surface area contributed by atoms with Crippen LogP contribution in [0.4, 0.5) is 0 Å². The summed E-state index contributed by atoms with van der Waals surface area (Å²) >= 11 is 5.94. The molecule has 0 saturated heterocycles. The van der Waals surface area contributed by atoms with Crippen LogP contribution in [0.15, 0.2) is 58.1 Å². The molecule has 2 aromatic carbocycles. The van der Waals surface area contributed by atoms with E-state index in [1.807, 2.05) is 19.1 Å². The SMILES string of the molecule is CCOc1ccc(-c2noc(Cn3cnc4c(nnn4Cc4ccc(Cl)cc4)c3=O)n2)cc1OC. The molecule has 0 unspecified atom stereocenters. The van der Waals surface area contributed by atoms with Crippen molar-refractivity contribution in [3.63, 3.8) is 0 Å². The lowest BCUT2D eigenvalue weighted by Gasteiger charge is -2.09. The van der Waals surface area contributed by atoms with Crippen LogP contribution >= 0.6 is 11.6 Å². The van der Waals surface area contributed by atoms with E-state index in [1.54, 1.807) is 42.1 Å². The van der Waals surface area contributed by atoms with Gasteiger partial charge in [0.05, 0.1) is 20.3 Å². The summed E-state index contributed by atoms with van der Waals surface area (Å²) in [6.45, 7) is 2.85. The van der Waals surface area contributed by atoms with Gasteiger partial charge in [0.1, 0.15) is 12.9 Å². The third-order valence-corrected chi connectivity index (χ3v) is 5.48. The maximum Gasteiger partial charge on any atom is 0.283 e. The van der Waals surface area contributed by atoms with Crippen molar-refractivity contribution in [1.82, 2.24) is 34.7 Å². The predicted octanol–water partition coefficient (Wildman–Crippen LogP) is 3.20.